The summed E-state index contributed by atoms with van der Waals surface area (Å²) in [6.45, 7) is 4.30. The first kappa shape index (κ1) is 18.8. The number of aromatic nitrogens is 1. The molecule has 1 N–H and O–H groups in total. The summed E-state index contributed by atoms with van der Waals surface area (Å²) in [6, 6.07) is 11.9. The second-order valence-corrected chi connectivity index (χ2v) is 7.85. The molecule has 0 saturated carbocycles. The van der Waals surface area contributed by atoms with Gasteiger partial charge in [0.15, 0.2) is 0 Å². The van der Waals surface area contributed by atoms with Crippen LogP contribution in [0.5, 0.6) is 0 Å². The minimum Gasteiger partial charge on any atom is -0.372 e. The third-order valence-corrected chi connectivity index (χ3v) is 5.78. The highest BCUT2D eigenvalue weighted by Gasteiger charge is 2.14. The molecule has 5 heteroatoms. The summed E-state index contributed by atoms with van der Waals surface area (Å²) in [5.74, 6) is 0.833. The Morgan fingerprint density at radius 3 is 2.07 bits per heavy atom. The first-order valence-corrected chi connectivity index (χ1v) is 10.7. The van der Waals surface area contributed by atoms with Gasteiger partial charge in [-0.2, -0.15) is 0 Å². The lowest BCUT2D eigenvalue weighted by Crippen LogP contribution is -2.29. The third kappa shape index (κ3) is 4.64. The molecule has 4 rings (SSSR count). The van der Waals surface area contributed by atoms with Crippen LogP contribution < -0.4 is 15.1 Å². The number of rotatable bonds is 4. The van der Waals surface area contributed by atoms with Crippen LogP contribution in [-0.2, 0) is 0 Å². The van der Waals surface area contributed by atoms with E-state index >= 15 is 0 Å². The summed E-state index contributed by atoms with van der Waals surface area (Å²) < 4.78 is 0. The van der Waals surface area contributed by atoms with Crippen LogP contribution in [0, 0.1) is 0 Å². The number of carbonyl (C=O) groups excluding carboxylic acids is 1. The largest absolute Gasteiger partial charge is 0.372 e. The molecular formula is C23H30N4O. The number of benzene rings is 1. The zero-order valence-electron chi connectivity index (χ0n) is 16.6. The second kappa shape index (κ2) is 9.09. The number of piperidine rings is 1. The fraction of sp³-hybridized carbons (Fsp3) is 0.478. The predicted octanol–water partition coefficient (Wildman–Crippen LogP) is 4.70. The van der Waals surface area contributed by atoms with E-state index in [1.54, 1.807) is 12.3 Å². The van der Waals surface area contributed by atoms with Crippen LogP contribution in [0.2, 0.25) is 0 Å². The van der Waals surface area contributed by atoms with Crippen molar-refractivity contribution < 1.29 is 4.79 Å². The van der Waals surface area contributed by atoms with Crippen molar-refractivity contribution in [3.63, 3.8) is 0 Å². The molecule has 1 aromatic heterocycles. The molecule has 2 saturated heterocycles. The zero-order valence-corrected chi connectivity index (χ0v) is 16.6. The molecule has 28 heavy (non-hydrogen) atoms. The highest BCUT2D eigenvalue weighted by atomic mass is 16.1. The van der Waals surface area contributed by atoms with Gasteiger partial charge in [-0.1, -0.05) is 12.8 Å². The average Bonchev–Trinajstić information content (AvgIpc) is 3.05. The van der Waals surface area contributed by atoms with Crippen molar-refractivity contribution in [1.29, 1.82) is 0 Å². The maximum Gasteiger partial charge on any atom is 0.255 e. The standard InChI is InChI=1S/C23H30N4O/c28-23(19-12-13-24-22(18-19)27-16-4-1-2-5-17-27)25-20-8-10-21(11-9-20)26-14-6-3-7-15-26/h8-13,18H,1-7,14-17H2,(H,25,28). The predicted molar refractivity (Wildman–Crippen MR) is 115 cm³/mol. The van der Waals surface area contributed by atoms with Crippen molar-refractivity contribution in [2.45, 2.75) is 44.9 Å². The van der Waals surface area contributed by atoms with Crippen LogP contribution in [-0.4, -0.2) is 37.1 Å². The van der Waals surface area contributed by atoms with Gasteiger partial charge in [0.1, 0.15) is 5.82 Å². The quantitative estimate of drug-likeness (QED) is 0.837. The number of anilines is 3. The lowest BCUT2D eigenvalue weighted by Gasteiger charge is -2.28. The van der Waals surface area contributed by atoms with Crippen molar-refractivity contribution in [3.8, 4) is 0 Å². The Balaban J connectivity index is 1.41. The van der Waals surface area contributed by atoms with Gasteiger partial charge in [0.05, 0.1) is 0 Å². The third-order valence-electron chi connectivity index (χ3n) is 5.78. The average molecular weight is 379 g/mol. The molecule has 2 aliphatic heterocycles. The van der Waals surface area contributed by atoms with Crippen LogP contribution >= 0.6 is 0 Å². The fourth-order valence-electron chi connectivity index (χ4n) is 4.14. The Morgan fingerprint density at radius 1 is 0.786 bits per heavy atom. The molecule has 0 unspecified atom stereocenters. The Bertz CT molecular complexity index is 775. The van der Waals surface area contributed by atoms with Crippen molar-refractivity contribution in [1.82, 2.24) is 4.98 Å². The van der Waals surface area contributed by atoms with Gasteiger partial charge in [0.2, 0.25) is 0 Å². The Kier molecular flexibility index (Phi) is 6.10. The summed E-state index contributed by atoms with van der Waals surface area (Å²) in [4.78, 5) is 22.0. The monoisotopic (exact) mass is 378 g/mol. The van der Waals surface area contributed by atoms with E-state index < -0.39 is 0 Å². The van der Waals surface area contributed by atoms with Crippen LogP contribution in [0.15, 0.2) is 42.6 Å². The van der Waals surface area contributed by atoms with Crippen molar-refractivity contribution >= 4 is 23.1 Å². The van der Waals surface area contributed by atoms with E-state index in [9.17, 15) is 4.79 Å². The summed E-state index contributed by atoms with van der Waals surface area (Å²) >= 11 is 0. The highest BCUT2D eigenvalue weighted by Crippen LogP contribution is 2.23. The summed E-state index contributed by atoms with van der Waals surface area (Å²) in [7, 11) is 0. The lowest BCUT2D eigenvalue weighted by atomic mass is 10.1. The van der Waals surface area contributed by atoms with Gasteiger partial charge in [0, 0.05) is 49.3 Å². The number of hydrogen-bond acceptors (Lipinski definition) is 4. The number of nitrogens with one attached hydrogen (secondary N) is 1. The molecule has 2 aliphatic rings. The first-order valence-electron chi connectivity index (χ1n) is 10.7. The smallest absolute Gasteiger partial charge is 0.255 e. The van der Waals surface area contributed by atoms with E-state index in [1.807, 2.05) is 18.2 Å². The number of nitrogens with zero attached hydrogens (tertiary/aromatic N) is 3. The minimum atomic E-state index is -0.0794. The highest BCUT2D eigenvalue weighted by molar-refractivity contribution is 6.04. The van der Waals surface area contributed by atoms with Crippen molar-refractivity contribution in [3.05, 3.63) is 48.2 Å². The topological polar surface area (TPSA) is 48.5 Å². The van der Waals surface area contributed by atoms with Gasteiger partial charge in [-0.25, -0.2) is 4.98 Å². The molecule has 148 valence electrons. The Hall–Kier alpha value is -2.56. The van der Waals surface area contributed by atoms with Crippen molar-refractivity contribution in [2.75, 3.05) is 41.3 Å². The van der Waals surface area contributed by atoms with Crippen LogP contribution in [0.1, 0.15) is 55.3 Å². The summed E-state index contributed by atoms with van der Waals surface area (Å²) in [6.07, 6.45) is 10.6. The van der Waals surface area contributed by atoms with Gasteiger partial charge >= 0.3 is 0 Å². The van der Waals surface area contributed by atoms with E-state index in [1.165, 1.54) is 50.6 Å². The van der Waals surface area contributed by atoms with Crippen LogP contribution in [0.3, 0.4) is 0 Å². The molecule has 3 heterocycles. The van der Waals surface area contributed by atoms with Gasteiger partial charge < -0.3 is 15.1 Å². The van der Waals surface area contributed by atoms with Crippen LogP contribution in [0.4, 0.5) is 17.2 Å². The molecule has 2 aromatic rings. The van der Waals surface area contributed by atoms with E-state index in [2.05, 4.69) is 32.2 Å². The molecule has 2 fully saturated rings. The van der Waals surface area contributed by atoms with Gasteiger partial charge in [0.25, 0.3) is 5.91 Å². The normalized spacial score (nSPS) is 17.9. The molecule has 1 amide bonds. The van der Waals surface area contributed by atoms with Crippen LogP contribution in [0.25, 0.3) is 0 Å². The van der Waals surface area contributed by atoms with Gasteiger partial charge in [-0.05, 0) is 68.5 Å². The van der Waals surface area contributed by atoms with E-state index in [4.69, 9.17) is 0 Å². The van der Waals surface area contributed by atoms with Gasteiger partial charge in [-0.3, -0.25) is 4.79 Å². The molecule has 5 nitrogen and oxygen atoms in total. The maximum atomic E-state index is 12.7. The van der Waals surface area contributed by atoms with E-state index in [0.29, 0.717) is 5.56 Å². The minimum absolute atomic E-state index is 0.0794. The molecular weight excluding hydrogens is 348 g/mol. The number of amides is 1. The van der Waals surface area contributed by atoms with E-state index in [0.717, 1.165) is 37.7 Å². The maximum absolute atomic E-state index is 12.7. The SMILES string of the molecule is O=C(Nc1ccc(N2CCCCC2)cc1)c1ccnc(N2CCCCCC2)c1. The van der Waals surface area contributed by atoms with Crippen molar-refractivity contribution in [2.24, 2.45) is 0 Å². The second-order valence-electron chi connectivity index (χ2n) is 7.85. The zero-order chi connectivity index (χ0) is 19.2. The number of carbonyl (C=O) groups is 1. The lowest BCUT2D eigenvalue weighted by molar-refractivity contribution is 0.102. The number of hydrogen-bond donors (Lipinski definition) is 1. The molecule has 0 atom stereocenters. The molecule has 1 aromatic carbocycles. The Labute approximate surface area is 167 Å². The van der Waals surface area contributed by atoms with Gasteiger partial charge in [-0.15, -0.1) is 0 Å². The van der Waals surface area contributed by atoms with E-state index in [-0.39, 0.29) is 5.91 Å². The molecule has 0 radical (unpaired) electrons. The summed E-state index contributed by atoms with van der Waals surface area (Å²) in [5.41, 5.74) is 2.73. The Morgan fingerprint density at radius 2 is 1.39 bits per heavy atom. The fourth-order valence-corrected chi connectivity index (χ4v) is 4.14. The first-order chi connectivity index (χ1) is 13.8. The molecule has 0 spiro atoms. The summed E-state index contributed by atoms with van der Waals surface area (Å²) in [5, 5.41) is 3.03. The number of pyridine rings is 1. The molecule has 0 bridgehead atoms. The molecule has 0 aliphatic carbocycles.